The summed E-state index contributed by atoms with van der Waals surface area (Å²) in [4.78, 5) is 26.0. The highest BCUT2D eigenvalue weighted by molar-refractivity contribution is 5.93. The number of benzene rings is 1. The van der Waals surface area contributed by atoms with Crippen LogP contribution in [-0.4, -0.2) is 65.6 Å². The third-order valence-electron chi connectivity index (χ3n) is 5.30. The molecular weight excluding hydrogens is 350 g/mol. The van der Waals surface area contributed by atoms with Crippen LogP contribution in [0.5, 0.6) is 11.5 Å². The number of hydrogen-bond acceptors (Lipinski definition) is 5. The monoisotopic (exact) mass is 381 g/mol. The average Bonchev–Trinajstić information content (AvgIpc) is 2.68. The standard InChI is InChI=1S/C19H29N3O5/c1-13-10-16(25-3)17(26-4)11-15(13)12-21-6-8-22(9-7-21)14(2)18(23)20-19(24)27-5/h10-11,14H,6-9,12H2,1-5H3,(H,20,23,24)/p+2/t14-/m0/s1. The minimum atomic E-state index is -0.709. The fourth-order valence-electron chi connectivity index (χ4n) is 3.46. The van der Waals surface area contributed by atoms with E-state index in [4.69, 9.17) is 9.47 Å². The molecule has 0 bridgehead atoms. The number of quaternary nitrogens is 2. The number of carbonyl (C=O) groups is 2. The van der Waals surface area contributed by atoms with Gasteiger partial charge in [-0.2, -0.15) is 0 Å². The molecule has 27 heavy (non-hydrogen) atoms. The molecule has 150 valence electrons. The van der Waals surface area contributed by atoms with Crippen LogP contribution in [0.3, 0.4) is 0 Å². The molecule has 1 aromatic carbocycles. The van der Waals surface area contributed by atoms with Crippen LogP contribution in [0.2, 0.25) is 0 Å². The maximum absolute atomic E-state index is 12.1. The first-order valence-corrected chi connectivity index (χ1v) is 9.18. The predicted molar refractivity (Wildman–Crippen MR) is 99.4 cm³/mol. The number of hydrogen-bond donors (Lipinski definition) is 3. The third-order valence-corrected chi connectivity index (χ3v) is 5.30. The van der Waals surface area contributed by atoms with Crippen molar-refractivity contribution in [1.82, 2.24) is 5.32 Å². The molecule has 8 nitrogen and oxygen atoms in total. The van der Waals surface area contributed by atoms with Crippen molar-refractivity contribution >= 4 is 12.0 Å². The summed E-state index contributed by atoms with van der Waals surface area (Å²) in [5, 5.41) is 2.26. The number of amides is 2. The van der Waals surface area contributed by atoms with E-state index in [1.807, 2.05) is 19.1 Å². The SMILES string of the molecule is COC(=O)NC(=O)[C@H](C)[NH+]1CC[NH+](Cc2cc(OC)c(OC)cc2C)CC1. The van der Waals surface area contributed by atoms with E-state index in [9.17, 15) is 9.59 Å². The van der Waals surface area contributed by atoms with Gasteiger partial charge in [-0.05, 0) is 31.5 Å². The van der Waals surface area contributed by atoms with Crippen molar-refractivity contribution in [2.24, 2.45) is 0 Å². The number of aryl methyl sites for hydroxylation is 1. The molecule has 1 aliphatic heterocycles. The highest BCUT2D eigenvalue weighted by Gasteiger charge is 2.32. The maximum Gasteiger partial charge on any atom is 0.413 e. The first-order chi connectivity index (χ1) is 12.9. The zero-order chi connectivity index (χ0) is 20.0. The summed E-state index contributed by atoms with van der Waals surface area (Å²) in [6, 6.07) is 3.77. The van der Waals surface area contributed by atoms with Crippen LogP contribution in [0.15, 0.2) is 12.1 Å². The summed E-state index contributed by atoms with van der Waals surface area (Å²) in [6.07, 6.45) is -0.709. The van der Waals surface area contributed by atoms with Gasteiger partial charge in [0.05, 0.1) is 21.3 Å². The van der Waals surface area contributed by atoms with Gasteiger partial charge in [-0.3, -0.25) is 10.1 Å². The van der Waals surface area contributed by atoms with Crippen LogP contribution in [0.25, 0.3) is 0 Å². The Morgan fingerprint density at radius 2 is 1.67 bits per heavy atom. The van der Waals surface area contributed by atoms with E-state index < -0.39 is 6.09 Å². The Bertz CT molecular complexity index is 672. The van der Waals surface area contributed by atoms with Crippen molar-refractivity contribution in [3.8, 4) is 11.5 Å². The summed E-state index contributed by atoms with van der Waals surface area (Å²) < 4.78 is 15.3. The van der Waals surface area contributed by atoms with Crippen LogP contribution < -0.4 is 24.6 Å². The Hall–Kier alpha value is -2.32. The topological polar surface area (TPSA) is 82.7 Å². The third kappa shape index (κ3) is 5.33. The van der Waals surface area contributed by atoms with Crippen molar-refractivity contribution in [3.63, 3.8) is 0 Å². The molecule has 1 aliphatic rings. The fraction of sp³-hybridized carbons (Fsp3) is 0.579. The molecule has 0 radical (unpaired) electrons. The lowest BCUT2D eigenvalue weighted by molar-refractivity contribution is -1.02. The van der Waals surface area contributed by atoms with Crippen LogP contribution in [0, 0.1) is 6.92 Å². The minimum absolute atomic E-state index is 0.284. The van der Waals surface area contributed by atoms with Crippen molar-refractivity contribution in [2.75, 3.05) is 47.5 Å². The quantitative estimate of drug-likeness (QED) is 0.563. The van der Waals surface area contributed by atoms with Crippen molar-refractivity contribution in [2.45, 2.75) is 26.4 Å². The van der Waals surface area contributed by atoms with Crippen molar-refractivity contribution < 1.29 is 33.6 Å². The number of rotatable bonds is 6. The molecule has 0 unspecified atom stereocenters. The lowest BCUT2D eigenvalue weighted by Crippen LogP contribution is -3.29. The minimum Gasteiger partial charge on any atom is -0.493 e. The zero-order valence-electron chi connectivity index (χ0n) is 16.8. The first-order valence-electron chi connectivity index (χ1n) is 9.18. The number of imide groups is 1. The van der Waals surface area contributed by atoms with E-state index in [1.165, 1.54) is 28.0 Å². The molecule has 1 heterocycles. The van der Waals surface area contributed by atoms with E-state index >= 15 is 0 Å². The molecule has 1 saturated heterocycles. The van der Waals surface area contributed by atoms with Gasteiger partial charge in [-0.1, -0.05) is 0 Å². The number of nitrogens with one attached hydrogen (secondary N) is 3. The molecule has 8 heteroatoms. The summed E-state index contributed by atoms with van der Waals surface area (Å²) in [5.74, 6) is 1.19. The first kappa shape index (κ1) is 21.0. The van der Waals surface area contributed by atoms with Crippen molar-refractivity contribution in [3.05, 3.63) is 23.3 Å². The molecule has 0 spiro atoms. The Kier molecular flexibility index (Phi) is 7.44. The number of ether oxygens (including phenoxy) is 3. The number of methoxy groups -OCH3 is 3. The smallest absolute Gasteiger partial charge is 0.413 e. The Morgan fingerprint density at radius 3 is 2.22 bits per heavy atom. The van der Waals surface area contributed by atoms with E-state index in [2.05, 4.69) is 17.0 Å². The molecule has 2 rings (SSSR count). The van der Waals surface area contributed by atoms with Gasteiger partial charge in [0, 0.05) is 5.56 Å². The van der Waals surface area contributed by atoms with Crippen LogP contribution >= 0.6 is 0 Å². The van der Waals surface area contributed by atoms with Gasteiger partial charge in [0.25, 0.3) is 5.91 Å². The molecule has 2 amide bonds. The van der Waals surface area contributed by atoms with Crippen LogP contribution in [0.1, 0.15) is 18.1 Å². The Labute approximate surface area is 160 Å². The maximum atomic E-state index is 12.1. The summed E-state index contributed by atoms with van der Waals surface area (Å²) in [6.45, 7) is 8.49. The second-order valence-electron chi connectivity index (χ2n) is 6.92. The lowest BCUT2D eigenvalue weighted by Gasteiger charge is -2.32. The summed E-state index contributed by atoms with van der Waals surface area (Å²) in [7, 11) is 4.53. The van der Waals surface area contributed by atoms with Gasteiger partial charge in [0.1, 0.15) is 32.7 Å². The molecule has 1 fully saturated rings. The Balaban J connectivity index is 1.93. The number of carbonyl (C=O) groups excluding carboxylic acids is 2. The second kappa shape index (κ2) is 9.57. The molecule has 3 N–H and O–H groups in total. The van der Waals surface area contributed by atoms with Gasteiger partial charge in [0.15, 0.2) is 17.5 Å². The van der Waals surface area contributed by atoms with Gasteiger partial charge < -0.3 is 24.0 Å². The van der Waals surface area contributed by atoms with Gasteiger partial charge in [-0.15, -0.1) is 0 Å². The average molecular weight is 381 g/mol. The van der Waals surface area contributed by atoms with E-state index in [0.717, 1.165) is 44.2 Å². The molecule has 0 saturated carbocycles. The van der Waals surface area contributed by atoms with E-state index in [0.29, 0.717) is 0 Å². The lowest BCUT2D eigenvalue weighted by atomic mass is 10.1. The largest absolute Gasteiger partial charge is 0.493 e. The zero-order valence-corrected chi connectivity index (χ0v) is 16.8. The van der Waals surface area contributed by atoms with Crippen LogP contribution in [-0.2, 0) is 16.1 Å². The van der Waals surface area contributed by atoms with Crippen LogP contribution in [0.4, 0.5) is 4.79 Å². The number of alkyl carbamates (subject to hydrolysis) is 1. The van der Waals surface area contributed by atoms with E-state index in [-0.39, 0.29) is 11.9 Å². The molecule has 1 atom stereocenters. The highest BCUT2D eigenvalue weighted by Crippen LogP contribution is 2.29. The fourth-order valence-corrected chi connectivity index (χ4v) is 3.46. The van der Waals surface area contributed by atoms with Gasteiger partial charge >= 0.3 is 6.09 Å². The number of piperazine rings is 1. The molecule has 0 aliphatic carbocycles. The van der Waals surface area contributed by atoms with E-state index in [1.54, 1.807) is 14.2 Å². The second-order valence-corrected chi connectivity index (χ2v) is 6.92. The highest BCUT2D eigenvalue weighted by atomic mass is 16.5. The molecule has 0 aromatic heterocycles. The van der Waals surface area contributed by atoms with Crippen molar-refractivity contribution in [1.29, 1.82) is 0 Å². The van der Waals surface area contributed by atoms with Gasteiger partial charge in [0.2, 0.25) is 0 Å². The summed E-state index contributed by atoms with van der Waals surface area (Å²) in [5.41, 5.74) is 2.42. The molecule has 1 aromatic rings. The van der Waals surface area contributed by atoms with Gasteiger partial charge in [-0.25, -0.2) is 4.79 Å². The normalized spacial score (nSPS) is 20.5. The molecular formula is C19H31N3O5+2. The predicted octanol–water partition coefficient (Wildman–Crippen LogP) is -1.43. The summed E-state index contributed by atoms with van der Waals surface area (Å²) >= 11 is 0. The Morgan fingerprint density at radius 1 is 1.07 bits per heavy atom.